The van der Waals surface area contributed by atoms with E-state index in [-0.39, 0.29) is 5.92 Å². The summed E-state index contributed by atoms with van der Waals surface area (Å²) in [6.07, 6.45) is 1.70. The number of carbonyl (C=O) groups excluding carboxylic acids is 2. The van der Waals surface area contributed by atoms with Crippen LogP contribution in [0, 0.1) is 5.92 Å². The summed E-state index contributed by atoms with van der Waals surface area (Å²) in [4.78, 5) is 37.6. The smallest absolute Gasteiger partial charge is 0.337 e. The number of nitrogens with zero attached hydrogens (tertiary/aromatic N) is 2. The Balaban J connectivity index is 1.99. The van der Waals surface area contributed by atoms with Crippen LogP contribution >= 0.6 is 0 Å². The molecule has 2 heterocycles. The lowest BCUT2D eigenvalue weighted by Gasteiger charge is -2.27. The topological polar surface area (TPSA) is 129 Å². The molecule has 1 saturated heterocycles. The van der Waals surface area contributed by atoms with Crippen molar-refractivity contribution in [3.8, 4) is 0 Å². The summed E-state index contributed by atoms with van der Waals surface area (Å²) in [5.41, 5.74) is 4.30. The second-order valence-electron chi connectivity index (χ2n) is 7.71. The molecular weight excluding hydrogens is 364 g/mol. The Morgan fingerprint density at radius 1 is 1.29 bits per heavy atom. The van der Waals surface area contributed by atoms with Gasteiger partial charge in [-0.15, -0.1) is 0 Å². The molecule has 0 aliphatic carbocycles. The zero-order chi connectivity index (χ0) is 20.5. The average molecular weight is 390 g/mol. The van der Waals surface area contributed by atoms with Gasteiger partial charge in [-0.05, 0) is 44.7 Å². The first-order valence-corrected chi connectivity index (χ1v) is 9.30. The fourth-order valence-electron chi connectivity index (χ4n) is 3.55. The van der Waals surface area contributed by atoms with Gasteiger partial charge in [0.25, 0.3) is 0 Å². The van der Waals surface area contributed by atoms with Gasteiger partial charge < -0.3 is 20.9 Å². The molecule has 1 fully saturated rings. The zero-order valence-electron chi connectivity index (χ0n) is 16.1. The minimum Gasteiger partial charge on any atom is -0.388 e. The molecule has 152 valence electrons. The van der Waals surface area contributed by atoms with Gasteiger partial charge in [-0.1, -0.05) is 12.1 Å². The molecule has 28 heavy (non-hydrogen) atoms. The Bertz CT molecular complexity index is 934. The summed E-state index contributed by atoms with van der Waals surface area (Å²) in [7, 11) is 0. The van der Waals surface area contributed by atoms with Gasteiger partial charge in [-0.2, -0.15) is 0 Å². The molecule has 0 unspecified atom stereocenters. The van der Waals surface area contributed by atoms with Gasteiger partial charge >= 0.3 is 11.7 Å². The maximum Gasteiger partial charge on any atom is 0.337 e. The van der Waals surface area contributed by atoms with Crippen molar-refractivity contribution in [2.45, 2.75) is 44.9 Å². The fraction of sp³-hybridized carbons (Fsp3) is 0.526. The highest BCUT2D eigenvalue weighted by atomic mass is 16.5. The number of nitrogens with two attached hydrogens (primary N) is 1. The van der Waals surface area contributed by atoms with Gasteiger partial charge in [0, 0.05) is 19.8 Å². The molecule has 1 atom stereocenters. The van der Waals surface area contributed by atoms with Crippen molar-refractivity contribution in [2.75, 3.05) is 13.2 Å². The van der Waals surface area contributed by atoms with E-state index in [0.29, 0.717) is 30.8 Å². The molecule has 4 N–H and O–H groups in total. The van der Waals surface area contributed by atoms with Gasteiger partial charge in [0.1, 0.15) is 6.04 Å². The third-order valence-corrected chi connectivity index (χ3v) is 5.08. The lowest BCUT2D eigenvalue weighted by atomic mass is 9.99. The first-order valence-electron chi connectivity index (χ1n) is 9.30. The SMILES string of the molecule is CC(C)(O)[C@H](NC(=O)n1c(=O)n(CC2CCOCC2)c2ccccc21)C(N)=O. The monoisotopic (exact) mass is 390 g/mol. The number of aromatic nitrogens is 2. The van der Waals surface area contributed by atoms with Crippen LogP contribution in [0.5, 0.6) is 0 Å². The quantitative estimate of drug-likeness (QED) is 0.681. The third-order valence-electron chi connectivity index (χ3n) is 5.08. The van der Waals surface area contributed by atoms with Crippen LogP contribution in [0.4, 0.5) is 4.79 Å². The first kappa shape index (κ1) is 20.1. The average Bonchev–Trinajstić information content (AvgIpc) is 2.91. The maximum atomic E-state index is 13.1. The molecule has 9 heteroatoms. The minimum absolute atomic E-state index is 0.281. The molecule has 1 aromatic carbocycles. The van der Waals surface area contributed by atoms with E-state index in [0.717, 1.165) is 17.4 Å². The Kier molecular flexibility index (Phi) is 5.57. The molecule has 2 amide bonds. The molecule has 1 aromatic heterocycles. The molecule has 2 aromatic rings. The highest BCUT2D eigenvalue weighted by Gasteiger charge is 2.34. The number of hydrogen-bond donors (Lipinski definition) is 3. The number of amides is 2. The summed E-state index contributed by atoms with van der Waals surface area (Å²) in [6.45, 7) is 4.52. The van der Waals surface area contributed by atoms with E-state index >= 15 is 0 Å². The molecule has 0 spiro atoms. The number of ether oxygens (including phenoxy) is 1. The van der Waals surface area contributed by atoms with Crippen molar-refractivity contribution in [1.82, 2.24) is 14.5 Å². The largest absolute Gasteiger partial charge is 0.388 e. The lowest BCUT2D eigenvalue weighted by Crippen LogP contribution is -2.58. The van der Waals surface area contributed by atoms with E-state index in [9.17, 15) is 19.5 Å². The van der Waals surface area contributed by atoms with Crippen LogP contribution in [-0.2, 0) is 16.1 Å². The Morgan fingerprint density at radius 2 is 1.89 bits per heavy atom. The van der Waals surface area contributed by atoms with E-state index in [1.54, 1.807) is 28.8 Å². The van der Waals surface area contributed by atoms with Crippen LogP contribution in [0.15, 0.2) is 29.1 Å². The summed E-state index contributed by atoms with van der Waals surface area (Å²) < 4.78 is 7.93. The van der Waals surface area contributed by atoms with Gasteiger partial charge in [0.15, 0.2) is 0 Å². The molecular formula is C19H26N4O5. The van der Waals surface area contributed by atoms with Crippen molar-refractivity contribution in [3.63, 3.8) is 0 Å². The molecule has 0 saturated carbocycles. The van der Waals surface area contributed by atoms with Crippen molar-refractivity contribution in [2.24, 2.45) is 11.7 Å². The molecule has 1 aliphatic rings. The number of para-hydroxylation sites is 2. The van der Waals surface area contributed by atoms with Crippen LogP contribution in [0.3, 0.4) is 0 Å². The molecule has 0 radical (unpaired) electrons. The summed E-state index contributed by atoms with van der Waals surface area (Å²) in [5.74, 6) is -0.608. The molecule has 1 aliphatic heterocycles. The number of benzene rings is 1. The molecule has 0 bridgehead atoms. The van der Waals surface area contributed by atoms with Gasteiger partial charge in [-0.3, -0.25) is 9.36 Å². The van der Waals surface area contributed by atoms with E-state index in [2.05, 4.69) is 5.32 Å². The van der Waals surface area contributed by atoms with E-state index in [1.807, 2.05) is 0 Å². The second kappa shape index (κ2) is 7.76. The van der Waals surface area contributed by atoms with Crippen molar-refractivity contribution in [3.05, 3.63) is 34.7 Å². The van der Waals surface area contributed by atoms with Crippen molar-refractivity contribution < 1.29 is 19.4 Å². The van der Waals surface area contributed by atoms with E-state index in [4.69, 9.17) is 10.5 Å². The van der Waals surface area contributed by atoms with Crippen LogP contribution in [0.25, 0.3) is 11.0 Å². The minimum atomic E-state index is -1.58. The predicted octanol–water partition coefficient (Wildman–Crippen LogP) is 0.412. The first-order chi connectivity index (χ1) is 13.2. The summed E-state index contributed by atoms with van der Waals surface area (Å²) in [5, 5.41) is 12.5. The number of primary amides is 1. The normalized spacial score (nSPS) is 16.8. The number of nitrogens with one attached hydrogen (secondary N) is 1. The molecule has 3 rings (SSSR count). The number of carbonyl (C=O) groups is 2. The maximum absolute atomic E-state index is 13.1. The van der Waals surface area contributed by atoms with Gasteiger partial charge in [0.05, 0.1) is 16.6 Å². The number of aliphatic hydroxyl groups is 1. The number of rotatable bonds is 5. The fourth-order valence-corrected chi connectivity index (χ4v) is 3.55. The summed E-state index contributed by atoms with van der Waals surface area (Å²) in [6, 6.07) is 4.82. The van der Waals surface area contributed by atoms with E-state index in [1.165, 1.54) is 13.8 Å². The number of fused-ring (bicyclic) bond motifs is 1. The number of hydrogen-bond acceptors (Lipinski definition) is 5. The van der Waals surface area contributed by atoms with E-state index < -0.39 is 29.3 Å². The third kappa shape index (κ3) is 3.95. The van der Waals surface area contributed by atoms with Gasteiger partial charge in [-0.25, -0.2) is 14.2 Å². The van der Waals surface area contributed by atoms with Crippen LogP contribution in [0.2, 0.25) is 0 Å². The van der Waals surface area contributed by atoms with Crippen LogP contribution < -0.4 is 16.7 Å². The predicted molar refractivity (Wildman–Crippen MR) is 103 cm³/mol. The zero-order valence-corrected chi connectivity index (χ0v) is 16.1. The highest BCUT2D eigenvalue weighted by Crippen LogP contribution is 2.20. The Hall–Kier alpha value is -2.65. The van der Waals surface area contributed by atoms with Crippen molar-refractivity contribution >= 4 is 23.0 Å². The lowest BCUT2D eigenvalue weighted by molar-refractivity contribution is -0.125. The van der Waals surface area contributed by atoms with Gasteiger partial charge in [0.2, 0.25) is 5.91 Å². The van der Waals surface area contributed by atoms with Crippen LogP contribution in [0.1, 0.15) is 26.7 Å². The van der Waals surface area contributed by atoms with Crippen LogP contribution in [-0.4, -0.2) is 51.0 Å². The second-order valence-corrected chi connectivity index (χ2v) is 7.71. The highest BCUT2D eigenvalue weighted by molar-refractivity contribution is 5.92. The Labute approximate surface area is 162 Å². The van der Waals surface area contributed by atoms with Crippen molar-refractivity contribution in [1.29, 1.82) is 0 Å². The summed E-state index contributed by atoms with van der Waals surface area (Å²) >= 11 is 0. The Morgan fingerprint density at radius 3 is 2.46 bits per heavy atom. The standard InChI is InChI=1S/C19H26N4O5/c1-19(2,27)15(16(20)24)21-17(25)23-14-6-4-3-5-13(14)22(18(23)26)11-12-7-9-28-10-8-12/h3-6,12,15,27H,7-11H2,1-2H3,(H2,20,24)(H,21,25)/t15-/m1/s1. The molecule has 9 nitrogen and oxygen atoms in total. The number of imidazole rings is 1.